The van der Waals surface area contributed by atoms with Crippen LogP contribution in [0.25, 0.3) is 0 Å². The molecule has 0 radical (unpaired) electrons. The second-order valence-corrected chi connectivity index (χ2v) is 7.60. The van der Waals surface area contributed by atoms with E-state index in [1.165, 1.54) is 18.3 Å². The standard InChI is InChI=1S/C11H15ClN2O2S2/c12-11-7-10(1-4-13-11)18(15,16)14-8-9-2-5-17-6-3-9/h1,4,7,9,14H,2-3,5-6,8H2. The van der Waals surface area contributed by atoms with Crippen LogP contribution in [0.1, 0.15) is 12.8 Å². The van der Waals surface area contributed by atoms with Crippen molar-refractivity contribution in [3.8, 4) is 0 Å². The summed E-state index contributed by atoms with van der Waals surface area (Å²) in [5, 5.41) is 0.187. The highest BCUT2D eigenvalue weighted by Crippen LogP contribution is 2.22. The van der Waals surface area contributed by atoms with E-state index in [1.807, 2.05) is 11.8 Å². The molecule has 1 fully saturated rings. The van der Waals surface area contributed by atoms with Gasteiger partial charge in [-0.3, -0.25) is 0 Å². The molecule has 18 heavy (non-hydrogen) atoms. The predicted octanol–water partition coefficient (Wildman–Crippen LogP) is 2.16. The number of thioether (sulfide) groups is 1. The van der Waals surface area contributed by atoms with Crippen molar-refractivity contribution in [3.05, 3.63) is 23.5 Å². The van der Waals surface area contributed by atoms with Gasteiger partial charge in [-0.2, -0.15) is 11.8 Å². The number of sulfonamides is 1. The first-order valence-electron chi connectivity index (χ1n) is 5.77. The quantitative estimate of drug-likeness (QED) is 0.866. The number of nitrogens with zero attached hydrogens (tertiary/aromatic N) is 1. The van der Waals surface area contributed by atoms with Crippen LogP contribution in [-0.2, 0) is 10.0 Å². The minimum atomic E-state index is -3.46. The first-order valence-corrected chi connectivity index (χ1v) is 8.78. The summed E-state index contributed by atoms with van der Waals surface area (Å²) in [6.07, 6.45) is 3.54. The van der Waals surface area contributed by atoms with Gasteiger partial charge < -0.3 is 0 Å². The minimum Gasteiger partial charge on any atom is -0.244 e. The Morgan fingerprint density at radius 3 is 2.83 bits per heavy atom. The summed E-state index contributed by atoms with van der Waals surface area (Å²) in [6.45, 7) is 0.503. The fraction of sp³-hybridized carbons (Fsp3) is 0.545. The molecule has 100 valence electrons. The highest BCUT2D eigenvalue weighted by Gasteiger charge is 2.19. The Balaban J connectivity index is 1.98. The van der Waals surface area contributed by atoms with Crippen LogP contribution in [0.15, 0.2) is 23.2 Å². The smallest absolute Gasteiger partial charge is 0.240 e. The van der Waals surface area contributed by atoms with Crippen LogP contribution < -0.4 is 4.72 Å². The van der Waals surface area contributed by atoms with Crippen molar-refractivity contribution in [1.82, 2.24) is 9.71 Å². The Morgan fingerprint density at radius 1 is 1.44 bits per heavy atom. The van der Waals surface area contributed by atoms with Crippen molar-refractivity contribution in [3.63, 3.8) is 0 Å². The molecule has 1 aliphatic rings. The van der Waals surface area contributed by atoms with E-state index in [1.54, 1.807) is 0 Å². The fourth-order valence-corrected chi connectivity index (χ4v) is 4.38. The number of hydrogen-bond acceptors (Lipinski definition) is 4. The van der Waals surface area contributed by atoms with E-state index in [2.05, 4.69) is 9.71 Å². The normalized spacial score (nSPS) is 17.8. The number of halogens is 1. The Labute approximate surface area is 117 Å². The molecule has 2 heterocycles. The van der Waals surface area contributed by atoms with Crippen LogP contribution >= 0.6 is 23.4 Å². The molecular weight excluding hydrogens is 292 g/mol. The maximum Gasteiger partial charge on any atom is 0.240 e. The molecule has 0 amide bonds. The number of hydrogen-bond donors (Lipinski definition) is 1. The topological polar surface area (TPSA) is 59.1 Å². The van der Waals surface area contributed by atoms with Crippen molar-refractivity contribution in [2.24, 2.45) is 5.92 Å². The van der Waals surface area contributed by atoms with Crippen LogP contribution in [0.4, 0.5) is 0 Å². The molecule has 1 N–H and O–H groups in total. The Bertz CT molecular complexity index is 502. The molecule has 4 nitrogen and oxygen atoms in total. The number of pyridine rings is 1. The minimum absolute atomic E-state index is 0.174. The monoisotopic (exact) mass is 306 g/mol. The molecule has 0 unspecified atom stereocenters. The molecule has 2 rings (SSSR count). The largest absolute Gasteiger partial charge is 0.244 e. The molecular formula is C11H15ClN2O2S2. The number of nitrogens with one attached hydrogen (secondary N) is 1. The summed E-state index contributed by atoms with van der Waals surface area (Å²) in [5.74, 6) is 2.68. The van der Waals surface area contributed by atoms with Gasteiger partial charge in [0, 0.05) is 12.7 Å². The third-order valence-corrected chi connectivity index (χ3v) is 5.59. The Kier molecular flexibility index (Phi) is 4.89. The molecule has 1 aliphatic heterocycles. The van der Waals surface area contributed by atoms with Gasteiger partial charge in [-0.25, -0.2) is 18.1 Å². The average Bonchev–Trinajstić information content (AvgIpc) is 2.38. The SMILES string of the molecule is O=S(=O)(NCC1CCSCC1)c1ccnc(Cl)c1. The van der Waals surface area contributed by atoms with Crippen LogP contribution in [0.5, 0.6) is 0 Å². The van der Waals surface area contributed by atoms with E-state index >= 15 is 0 Å². The zero-order valence-corrected chi connectivity index (χ0v) is 12.2. The molecule has 0 aromatic carbocycles. The summed E-state index contributed by atoms with van der Waals surface area (Å²) in [4.78, 5) is 3.95. The molecule has 1 saturated heterocycles. The summed E-state index contributed by atoms with van der Waals surface area (Å²) in [7, 11) is -3.46. The summed E-state index contributed by atoms with van der Waals surface area (Å²) in [5.41, 5.74) is 0. The number of rotatable bonds is 4. The van der Waals surface area contributed by atoms with Crippen molar-refractivity contribution in [2.75, 3.05) is 18.1 Å². The van der Waals surface area contributed by atoms with E-state index < -0.39 is 10.0 Å². The maximum absolute atomic E-state index is 12.0. The second-order valence-electron chi connectivity index (χ2n) is 4.22. The van der Waals surface area contributed by atoms with Gasteiger partial charge in [0.05, 0.1) is 4.90 Å². The summed E-state index contributed by atoms with van der Waals surface area (Å²) < 4.78 is 26.7. The lowest BCUT2D eigenvalue weighted by Gasteiger charge is -2.21. The van der Waals surface area contributed by atoms with Gasteiger partial charge in [-0.15, -0.1) is 0 Å². The predicted molar refractivity (Wildman–Crippen MR) is 74.5 cm³/mol. The Hall–Kier alpha value is -0.300. The molecule has 1 aromatic heterocycles. The number of aromatic nitrogens is 1. The lowest BCUT2D eigenvalue weighted by atomic mass is 10.0. The van der Waals surface area contributed by atoms with E-state index in [9.17, 15) is 8.42 Å². The molecule has 1 aromatic rings. The third-order valence-electron chi connectivity index (χ3n) is 2.91. The molecule has 0 saturated carbocycles. The summed E-state index contributed by atoms with van der Waals surface area (Å²) in [6, 6.07) is 2.81. The van der Waals surface area contributed by atoms with Crippen LogP contribution in [0.3, 0.4) is 0 Å². The van der Waals surface area contributed by atoms with E-state index in [4.69, 9.17) is 11.6 Å². The van der Waals surface area contributed by atoms with E-state index in [-0.39, 0.29) is 10.0 Å². The van der Waals surface area contributed by atoms with Gasteiger partial charge in [0.15, 0.2) is 0 Å². The van der Waals surface area contributed by atoms with Crippen molar-refractivity contribution >= 4 is 33.4 Å². The fourth-order valence-electron chi connectivity index (χ4n) is 1.81. The van der Waals surface area contributed by atoms with Gasteiger partial charge >= 0.3 is 0 Å². The lowest BCUT2D eigenvalue weighted by molar-refractivity contribution is 0.476. The second kappa shape index (κ2) is 6.23. The van der Waals surface area contributed by atoms with Crippen molar-refractivity contribution in [2.45, 2.75) is 17.7 Å². The average molecular weight is 307 g/mol. The summed E-state index contributed by atoms with van der Waals surface area (Å²) >= 11 is 7.62. The molecule has 0 bridgehead atoms. The van der Waals surface area contributed by atoms with Gasteiger partial charge in [0.2, 0.25) is 10.0 Å². The van der Waals surface area contributed by atoms with Crippen molar-refractivity contribution in [1.29, 1.82) is 0 Å². The zero-order chi connectivity index (χ0) is 13.0. The third kappa shape index (κ3) is 3.85. The zero-order valence-electron chi connectivity index (χ0n) is 9.80. The molecule has 7 heteroatoms. The highest BCUT2D eigenvalue weighted by molar-refractivity contribution is 7.99. The molecule has 0 aliphatic carbocycles. The van der Waals surface area contributed by atoms with E-state index in [0.717, 1.165) is 24.3 Å². The van der Waals surface area contributed by atoms with Gasteiger partial charge in [-0.05, 0) is 42.4 Å². The van der Waals surface area contributed by atoms with Crippen molar-refractivity contribution < 1.29 is 8.42 Å². The van der Waals surface area contributed by atoms with Crippen LogP contribution in [-0.4, -0.2) is 31.5 Å². The first kappa shape index (κ1) is 14.1. The maximum atomic E-state index is 12.0. The van der Waals surface area contributed by atoms with E-state index in [0.29, 0.717) is 12.5 Å². The van der Waals surface area contributed by atoms with Crippen LogP contribution in [0.2, 0.25) is 5.15 Å². The highest BCUT2D eigenvalue weighted by atomic mass is 35.5. The van der Waals surface area contributed by atoms with Gasteiger partial charge in [0.25, 0.3) is 0 Å². The Morgan fingerprint density at radius 2 is 2.17 bits per heavy atom. The van der Waals surface area contributed by atoms with Gasteiger partial charge in [0.1, 0.15) is 5.15 Å². The lowest BCUT2D eigenvalue weighted by Crippen LogP contribution is -2.31. The van der Waals surface area contributed by atoms with Crippen LogP contribution in [0, 0.1) is 5.92 Å². The molecule has 0 atom stereocenters. The van der Waals surface area contributed by atoms with Gasteiger partial charge in [-0.1, -0.05) is 11.6 Å². The first-order chi connectivity index (χ1) is 8.58. The molecule has 0 spiro atoms.